The van der Waals surface area contributed by atoms with Gasteiger partial charge in [-0.15, -0.1) is 0 Å². The fourth-order valence-corrected chi connectivity index (χ4v) is 3.62. The number of imidazole rings is 1. The molecule has 0 saturated carbocycles. The molecular weight excluding hydrogens is 414 g/mol. The second-order valence-corrected chi connectivity index (χ2v) is 8.05. The number of aromatic nitrogens is 2. The van der Waals surface area contributed by atoms with Gasteiger partial charge < -0.3 is 9.72 Å². The van der Waals surface area contributed by atoms with Crippen molar-refractivity contribution in [3.63, 3.8) is 0 Å². The number of nitrogens with one attached hydrogen (secondary N) is 2. The zero-order valence-electron chi connectivity index (χ0n) is 14.3. The average Bonchev–Trinajstić information content (AvgIpc) is 3.04. The molecule has 0 fully saturated rings. The van der Waals surface area contributed by atoms with E-state index in [9.17, 15) is 22.0 Å². The summed E-state index contributed by atoms with van der Waals surface area (Å²) in [5.74, 6) is -2.81. The van der Waals surface area contributed by atoms with E-state index >= 15 is 0 Å². The molecule has 3 rings (SSSR count). The standard InChI is InChI=1S/C17H15ClF2N4O3S/c18-11-1-4-16-23-12(10-24(16)9-11)8-21-17(25)5-6-22-28(26,27)13-2-3-14(19)15(20)7-13/h1-4,7,9-10,22H,5-6,8H2,(H,21,25). The van der Waals surface area contributed by atoms with E-state index in [0.717, 1.165) is 12.1 Å². The zero-order chi connectivity index (χ0) is 20.3. The van der Waals surface area contributed by atoms with Gasteiger partial charge in [0.25, 0.3) is 0 Å². The molecule has 0 bridgehead atoms. The first-order chi connectivity index (χ1) is 13.2. The molecule has 3 aromatic rings. The van der Waals surface area contributed by atoms with Crippen LogP contribution in [-0.2, 0) is 21.4 Å². The molecule has 2 heterocycles. The van der Waals surface area contributed by atoms with Crippen LogP contribution < -0.4 is 10.0 Å². The van der Waals surface area contributed by atoms with Crippen LogP contribution in [-0.4, -0.2) is 30.3 Å². The summed E-state index contributed by atoms with van der Waals surface area (Å²) in [5.41, 5.74) is 1.28. The molecule has 1 aromatic carbocycles. The number of hydrogen-bond acceptors (Lipinski definition) is 4. The van der Waals surface area contributed by atoms with E-state index < -0.39 is 32.5 Å². The molecular formula is C17H15ClF2N4O3S. The maximum Gasteiger partial charge on any atom is 0.240 e. The number of halogens is 3. The van der Waals surface area contributed by atoms with Crippen molar-refractivity contribution in [1.82, 2.24) is 19.4 Å². The summed E-state index contributed by atoms with van der Waals surface area (Å²) < 4.78 is 54.0. The molecule has 2 aromatic heterocycles. The summed E-state index contributed by atoms with van der Waals surface area (Å²) in [6.07, 6.45) is 3.26. The van der Waals surface area contributed by atoms with Gasteiger partial charge in [-0.1, -0.05) is 11.6 Å². The molecule has 0 radical (unpaired) electrons. The molecule has 0 aliphatic rings. The number of carbonyl (C=O) groups excluding carboxylic acids is 1. The van der Waals surface area contributed by atoms with Crippen LogP contribution in [0.1, 0.15) is 12.1 Å². The van der Waals surface area contributed by atoms with Gasteiger partial charge in [-0.3, -0.25) is 4.79 Å². The van der Waals surface area contributed by atoms with Crippen LogP contribution in [0.2, 0.25) is 5.02 Å². The number of carbonyl (C=O) groups is 1. The lowest BCUT2D eigenvalue weighted by molar-refractivity contribution is -0.121. The van der Waals surface area contributed by atoms with Crippen molar-refractivity contribution in [3.8, 4) is 0 Å². The molecule has 0 unspecified atom stereocenters. The van der Waals surface area contributed by atoms with Gasteiger partial charge in [0, 0.05) is 25.4 Å². The third-order valence-electron chi connectivity index (χ3n) is 3.78. The smallest absolute Gasteiger partial charge is 0.240 e. The van der Waals surface area contributed by atoms with Gasteiger partial charge in [0.1, 0.15) is 5.65 Å². The third kappa shape index (κ3) is 4.83. The number of hydrogen-bond donors (Lipinski definition) is 2. The highest BCUT2D eigenvalue weighted by molar-refractivity contribution is 7.89. The fourth-order valence-electron chi connectivity index (χ4n) is 2.41. The zero-order valence-corrected chi connectivity index (χ0v) is 15.9. The SMILES string of the molecule is O=C(CCNS(=O)(=O)c1ccc(F)c(F)c1)NCc1cn2cc(Cl)ccc2n1. The maximum atomic E-state index is 13.2. The van der Waals surface area contributed by atoms with Gasteiger partial charge >= 0.3 is 0 Å². The third-order valence-corrected chi connectivity index (χ3v) is 5.46. The number of pyridine rings is 1. The van der Waals surface area contributed by atoms with Gasteiger partial charge in [-0.05, 0) is 30.3 Å². The van der Waals surface area contributed by atoms with Crippen LogP contribution in [0.5, 0.6) is 0 Å². The van der Waals surface area contributed by atoms with Crippen LogP contribution in [0.15, 0.2) is 47.6 Å². The van der Waals surface area contributed by atoms with Crippen molar-refractivity contribution in [2.45, 2.75) is 17.9 Å². The first kappa shape index (κ1) is 20.2. The van der Waals surface area contributed by atoms with Gasteiger partial charge in [0.15, 0.2) is 11.6 Å². The van der Waals surface area contributed by atoms with Gasteiger partial charge in [0.2, 0.25) is 15.9 Å². The minimum Gasteiger partial charge on any atom is -0.350 e. The summed E-state index contributed by atoms with van der Waals surface area (Å²) in [7, 11) is -4.05. The minimum absolute atomic E-state index is 0.137. The number of benzene rings is 1. The molecule has 28 heavy (non-hydrogen) atoms. The molecule has 0 aliphatic heterocycles. The second-order valence-electron chi connectivity index (χ2n) is 5.85. The second kappa shape index (κ2) is 8.21. The Morgan fingerprint density at radius 1 is 1.14 bits per heavy atom. The Labute approximate surface area is 164 Å². The monoisotopic (exact) mass is 428 g/mol. The van der Waals surface area contributed by atoms with Gasteiger partial charge in [-0.25, -0.2) is 26.9 Å². The fraction of sp³-hybridized carbons (Fsp3) is 0.176. The predicted molar refractivity (Wildman–Crippen MR) is 98.2 cm³/mol. The number of nitrogens with zero attached hydrogens (tertiary/aromatic N) is 2. The first-order valence-electron chi connectivity index (χ1n) is 8.09. The van der Waals surface area contributed by atoms with Crippen molar-refractivity contribution in [3.05, 3.63) is 65.1 Å². The summed E-state index contributed by atoms with van der Waals surface area (Å²) >= 11 is 5.90. The van der Waals surface area contributed by atoms with E-state index in [1.165, 1.54) is 0 Å². The van der Waals surface area contributed by atoms with Crippen LogP contribution in [0, 0.1) is 11.6 Å². The Balaban J connectivity index is 1.50. The normalized spacial score (nSPS) is 11.7. The molecule has 1 amide bonds. The number of sulfonamides is 1. The Morgan fingerprint density at radius 3 is 2.68 bits per heavy atom. The highest BCUT2D eigenvalue weighted by Gasteiger charge is 2.16. The minimum atomic E-state index is -4.05. The lowest BCUT2D eigenvalue weighted by Crippen LogP contribution is -2.30. The summed E-state index contributed by atoms with van der Waals surface area (Å²) in [4.78, 5) is 15.8. The average molecular weight is 429 g/mol. The molecule has 2 N–H and O–H groups in total. The van der Waals surface area contributed by atoms with Crippen LogP contribution in [0.4, 0.5) is 8.78 Å². The van der Waals surface area contributed by atoms with Crippen LogP contribution in [0.25, 0.3) is 5.65 Å². The predicted octanol–water partition coefficient (Wildman–Crippen LogP) is 2.25. The van der Waals surface area contributed by atoms with E-state index in [4.69, 9.17) is 11.6 Å². The van der Waals surface area contributed by atoms with Crippen molar-refractivity contribution < 1.29 is 22.0 Å². The van der Waals surface area contributed by atoms with Crippen molar-refractivity contribution in [2.24, 2.45) is 0 Å². The maximum absolute atomic E-state index is 13.2. The quantitative estimate of drug-likeness (QED) is 0.603. The number of fused-ring (bicyclic) bond motifs is 1. The lowest BCUT2D eigenvalue weighted by Gasteiger charge is -2.07. The Hall–Kier alpha value is -2.56. The molecule has 148 valence electrons. The molecule has 0 saturated heterocycles. The number of amides is 1. The van der Waals surface area contributed by atoms with Gasteiger partial charge in [0.05, 0.1) is 22.2 Å². The van der Waals surface area contributed by atoms with Crippen LogP contribution in [0.3, 0.4) is 0 Å². The molecule has 11 heteroatoms. The Kier molecular flexibility index (Phi) is 5.92. The van der Waals surface area contributed by atoms with Crippen LogP contribution >= 0.6 is 11.6 Å². The van der Waals surface area contributed by atoms with E-state index in [1.54, 1.807) is 28.9 Å². The Morgan fingerprint density at radius 2 is 1.93 bits per heavy atom. The molecule has 0 atom stereocenters. The van der Waals surface area contributed by atoms with Crippen molar-refractivity contribution in [1.29, 1.82) is 0 Å². The summed E-state index contributed by atoms with van der Waals surface area (Å²) in [6, 6.07) is 5.68. The highest BCUT2D eigenvalue weighted by atomic mass is 35.5. The van der Waals surface area contributed by atoms with E-state index in [-0.39, 0.29) is 19.5 Å². The molecule has 0 spiro atoms. The topological polar surface area (TPSA) is 92.6 Å². The van der Waals surface area contributed by atoms with Crippen molar-refractivity contribution in [2.75, 3.05) is 6.54 Å². The molecule has 0 aliphatic carbocycles. The first-order valence-corrected chi connectivity index (χ1v) is 9.95. The number of rotatable bonds is 7. The van der Waals surface area contributed by atoms with E-state index in [2.05, 4.69) is 15.0 Å². The summed E-state index contributed by atoms with van der Waals surface area (Å²) in [6.45, 7) is -0.0397. The van der Waals surface area contributed by atoms with Crippen molar-refractivity contribution >= 4 is 33.2 Å². The highest BCUT2D eigenvalue weighted by Crippen LogP contribution is 2.14. The van der Waals surface area contributed by atoms with E-state index in [0.29, 0.717) is 22.4 Å². The van der Waals surface area contributed by atoms with Gasteiger partial charge in [-0.2, -0.15) is 0 Å². The summed E-state index contributed by atoms with van der Waals surface area (Å²) in [5, 5.41) is 3.17. The lowest BCUT2D eigenvalue weighted by atomic mass is 10.3. The van der Waals surface area contributed by atoms with E-state index in [1.807, 2.05) is 0 Å². The largest absolute Gasteiger partial charge is 0.350 e. The molecule has 7 nitrogen and oxygen atoms in total. The Bertz CT molecular complexity index is 1130.